The molecule has 1 unspecified atom stereocenters. The summed E-state index contributed by atoms with van der Waals surface area (Å²) in [6.07, 6.45) is 12.4. The Bertz CT molecular complexity index is 894. The molecule has 0 spiro atoms. The van der Waals surface area contributed by atoms with Crippen LogP contribution in [0.25, 0.3) is 0 Å². The molecule has 1 aromatic rings. The molecule has 2 saturated heterocycles. The normalized spacial score (nSPS) is 25.9. The monoisotopic (exact) mass is 408 g/mol. The van der Waals surface area contributed by atoms with Crippen LogP contribution in [0.1, 0.15) is 43.1 Å². The first-order valence-corrected chi connectivity index (χ1v) is 10.4. The highest BCUT2D eigenvalue weighted by Crippen LogP contribution is 2.26. The van der Waals surface area contributed by atoms with Crippen LogP contribution in [0.4, 0.5) is 0 Å². The Kier molecular flexibility index (Phi) is 5.89. The van der Waals surface area contributed by atoms with Gasteiger partial charge in [0.2, 0.25) is 0 Å². The summed E-state index contributed by atoms with van der Waals surface area (Å²) in [6, 6.07) is 0.0760. The first-order valence-electron chi connectivity index (χ1n) is 10.4. The minimum Gasteiger partial charge on any atom is -0.355 e. The van der Waals surface area contributed by atoms with Crippen LogP contribution < -0.4 is 5.73 Å². The molecule has 2 N–H and O–H groups in total. The first-order chi connectivity index (χ1) is 14.6. The smallest absolute Gasteiger partial charge is 0.274 e. The van der Waals surface area contributed by atoms with E-state index in [0.717, 1.165) is 50.2 Å². The van der Waals surface area contributed by atoms with Crippen molar-refractivity contribution in [3.63, 3.8) is 0 Å². The van der Waals surface area contributed by atoms with Gasteiger partial charge in [-0.15, -0.1) is 0 Å². The molecule has 9 nitrogen and oxygen atoms in total. The predicted molar refractivity (Wildman–Crippen MR) is 116 cm³/mol. The summed E-state index contributed by atoms with van der Waals surface area (Å²) in [6.45, 7) is 8.06. The molecular formula is C21H28N8O. The third-order valence-corrected chi connectivity index (χ3v) is 5.73. The standard InChI is InChI=1S/C21H28N8O/c1-15-13-29(23-2)19(26-20(15)27-10-6-16(22)14-27)11-17-5-3-4-9-28(17)21(30)18-12-24-7-8-25-18/h7-8,11-13,16-17H,2-6,9-10,14,22H2,1H3/b19-11-/t16-,17?/m0/s1. The minimum atomic E-state index is -0.111. The van der Waals surface area contributed by atoms with Gasteiger partial charge in [-0.05, 0) is 38.7 Å². The zero-order chi connectivity index (χ0) is 21.1. The lowest BCUT2D eigenvalue weighted by molar-refractivity contribution is 0.0655. The number of aliphatic imine (C=N–C) groups is 1. The number of hydrogen-bond donors (Lipinski definition) is 1. The average molecular weight is 409 g/mol. The quantitative estimate of drug-likeness (QED) is 0.762. The van der Waals surface area contributed by atoms with Crippen molar-refractivity contribution in [2.75, 3.05) is 19.6 Å². The van der Waals surface area contributed by atoms with Gasteiger partial charge in [0.15, 0.2) is 5.82 Å². The number of nitrogens with two attached hydrogens (primary N) is 1. The van der Waals surface area contributed by atoms with Crippen molar-refractivity contribution in [1.82, 2.24) is 24.8 Å². The van der Waals surface area contributed by atoms with Gasteiger partial charge < -0.3 is 15.5 Å². The topological polar surface area (TPSA) is 103 Å². The Morgan fingerprint density at radius 3 is 2.87 bits per heavy atom. The summed E-state index contributed by atoms with van der Waals surface area (Å²) < 4.78 is 0. The molecule has 0 aliphatic carbocycles. The lowest BCUT2D eigenvalue weighted by Gasteiger charge is -2.35. The van der Waals surface area contributed by atoms with E-state index >= 15 is 0 Å². The number of hydrogen-bond acceptors (Lipinski definition) is 8. The van der Waals surface area contributed by atoms with Crippen LogP contribution in [-0.2, 0) is 0 Å². The van der Waals surface area contributed by atoms with Crippen molar-refractivity contribution < 1.29 is 4.79 Å². The molecule has 0 aromatic carbocycles. The summed E-state index contributed by atoms with van der Waals surface area (Å²) in [5.74, 6) is 1.48. The van der Waals surface area contributed by atoms with E-state index in [1.165, 1.54) is 6.20 Å². The molecule has 2 fully saturated rings. The van der Waals surface area contributed by atoms with Gasteiger partial charge >= 0.3 is 0 Å². The number of piperidine rings is 1. The lowest BCUT2D eigenvalue weighted by Crippen LogP contribution is -2.43. The van der Waals surface area contributed by atoms with Gasteiger partial charge in [-0.25, -0.2) is 15.0 Å². The molecule has 30 heavy (non-hydrogen) atoms. The van der Waals surface area contributed by atoms with E-state index in [2.05, 4.69) is 26.7 Å². The molecule has 0 radical (unpaired) electrons. The number of rotatable bonds is 3. The number of carbonyl (C=O) groups excluding carboxylic acids is 1. The van der Waals surface area contributed by atoms with Crippen LogP contribution in [0.5, 0.6) is 0 Å². The zero-order valence-corrected chi connectivity index (χ0v) is 17.3. The van der Waals surface area contributed by atoms with Crippen molar-refractivity contribution in [2.45, 2.75) is 44.7 Å². The molecule has 4 rings (SSSR count). The van der Waals surface area contributed by atoms with Gasteiger partial charge in [-0.3, -0.25) is 9.78 Å². The number of amides is 1. The zero-order valence-electron chi connectivity index (χ0n) is 17.3. The van der Waals surface area contributed by atoms with E-state index in [0.29, 0.717) is 18.1 Å². The fourth-order valence-electron chi connectivity index (χ4n) is 4.19. The van der Waals surface area contributed by atoms with E-state index < -0.39 is 0 Å². The fourth-order valence-corrected chi connectivity index (χ4v) is 4.19. The number of aromatic nitrogens is 2. The molecule has 1 aromatic heterocycles. The average Bonchev–Trinajstić information content (AvgIpc) is 3.21. The molecule has 9 heteroatoms. The maximum Gasteiger partial charge on any atom is 0.274 e. The van der Waals surface area contributed by atoms with Crippen molar-refractivity contribution in [3.8, 4) is 0 Å². The molecule has 4 heterocycles. The van der Waals surface area contributed by atoms with Crippen LogP contribution in [0.15, 0.2) is 52.4 Å². The highest BCUT2D eigenvalue weighted by molar-refractivity contribution is 5.99. The Morgan fingerprint density at radius 2 is 2.17 bits per heavy atom. The van der Waals surface area contributed by atoms with Gasteiger partial charge in [-0.1, -0.05) is 0 Å². The predicted octanol–water partition coefficient (Wildman–Crippen LogP) is 1.58. The number of carbonyl (C=O) groups is 1. The molecule has 3 aliphatic rings. The van der Waals surface area contributed by atoms with E-state index in [4.69, 9.17) is 10.7 Å². The van der Waals surface area contributed by atoms with Gasteiger partial charge in [0.1, 0.15) is 11.5 Å². The second-order valence-electron chi connectivity index (χ2n) is 7.91. The Hall–Kier alpha value is -3.07. The number of amidine groups is 1. The van der Waals surface area contributed by atoms with E-state index in [1.54, 1.807) is 17.4 Å². The van der Waals surface area contributed by atoms with Crippen molar-refractivity contribution in [2.24, 2.45) is 15.8 Å². The van der Waals surface area contributed by atoms with Gasteiger partial charge in [0, 0.05) is 56.6 Å². The molecule has 2 atom stereocenters. The second-order valence-corrected chi connectivity index (χ2v) is 7.91. The summed E-state index contributed by atoms with van der Waals surface area (Å²) >= 11 is 0. The molecule has 0 bridgehead atoms. The third-order valence-electron chi connectivity index (χ3n) is 5.73. The fraction of sp³-hybridized carbons (Fsp3) is 0.476. The van der Waals surface area contributed by atoms with Crippen LogP contribution in [0.3, 0.4) is 0 Å². The second kappa shape index (κ2) is 8.74. The minimum absolute atomic E-state index is 0.0925. The van der Waals surface area contributed by atoms with Gasteiger partial charge in [-0.2, -0.15) is 5.10 Å². The summed E-state index contributed by atoms with van der Waals surface area (Å²) in [7, 11) is 0. The van der Waals surface area contributed by atoms with Gasteiger partial charge in [0.25, 0.3) is 5.91 Å². The van der Waals surface area contributed by atoms with E-state index in [9.17, 15) is 4.79 Å². The highest BCUT2D eigenvalue weighted by Gasteiger charge is 2.30. The first kappa shape index (κ1) is 20.2. The van der Waals surface area contributed by atoms with Crippen molar-refractivity contribution in [3.05, 3.63) is 48.0 Å². The van der Waals surface area contributed by atoms with Crippen LogP contribution in [0, 0.1) is 0 Å². The summed E-state index contributed by atoms with van der Waals surface area (Å²) in [5, 5.41) is 5.79. The van der Waals surface area contributed by atoms with Crippen molar-refractivity contribution in [1.29, 1.82) is 0 Å². The number of hydrazone groups is 1. The Labute approximate surface area is 176 Å². The maximum atomic E-state index is 13.0. The van der Waals surface area contributed by atoms with E-state index in [1.807, 2.05) is 24.1 Å². The largest absolute Gasteiger partial charge is 0.355 e. The van der Waals surface area contributed by atoms with Crippen LogP contribution >= 0.6 is 0 Å². The van der Waals surface area contributed by atoms with E-state index in [-0.39, 0.29) is 18.0 Å². The highest BCUT2D eigenvalue weighted by atomic mass is 16.2. The number of nitrogens with zero attached hydrogens (tertiary/aromatic N) is 7. The van der Waals surface area contributed by atoms with Crippen LogP contribution in [0.2, 0.25) is 0 Å². The van der Waals surface area contributed by atoms with Crippen LogP contribution in [-0.4, -0.2) is 75.0 Å². The molecule has 1 amide bonds. The van der Waals surface area contributed by atoms with Gasteiger partial charge in [0.05, 0.1) is 12.2 Å². The third kappa shape index (κ3) is 4.11. The summed E-state index contributed by atoms with van der Waals surface area (Å²) in [4.78, 5) is 30.2. The number of likely N-dealkylation sites (tertiary alicyclic amines) is 2. The summed E-state index contributed by atoms with van der Waals surface area (Å²) in [5.41, 5.74) is 7.47. The molecule has 158 valence electrons. The molecule has 0 saturated carbocycles. The lowest BCUT2D eigenvalue weighted by atomic mass is 10.0. The van der Waals surface area contributed by atoms with Crippen molar-refractivity contribution >= 4 is 18.5 Å². The molecular weight excluding hydrogens is 380 g/mol. The maximum absolute atomic E-state index is 13.0. The SMILES string of the molecule is C=NN1C=C(C)C(N2CC[C@H](N)C2)=N/C1=C/C1CCCCN1C(=O)c1cnccn1. The Morgan fingerprint density at radius 1 is 1.30 bits per heavy atom. The molecule has 3 aliphatic heterocycles. The Balaban J connectivity index is 1.63.